The van der Waals surface area contributed by atoms with E-state index >= 15 is 0 Å². The van der Waals surface area contributed by atoms with Crippen molar-refractivity contribution in [2.75, 3.05) is 5.32 Å². The van der Waals surface area contributed by atoms with Crippen LogP contribution in [0, 0.1) is 5.92 Å². The third-order valence-electron chi connectivity index (χ3n) is 4.28. The molecule has 0 bridgehead atoms. The fourth-order valence-corrected chi connectivity index (χ4v) is 2.48. The topological polar surface area (TPSA) is 85.8 Å². The average Bonchev–Trinajstić information content (AvgIpc) is 3.05. The maximum absolute atomic E-state index is 12.1. The van der Waals surface area contributed by atoms with Gasteiger partial charge in [0.05, 0.1) is 29.0 Å². The van der Waals surface area contributed by atoms with Crippen LogP contribution < -0.4 is 11.1 Å². The summed E-state index contributed by atoms with van der Waals surface area (Å²) in [6, 6.07) is 11.0. The van der Waals surface area contributed by atoms with Crippen LogP contribution >= 0.6 is 24.8 Å². The summed E-state index contributed by atoms with van der Waals surface area (Å²) in [5.74, 6) is 0.689. The number of nitrogens with one attached hydrogen (secondary N) is 1. The summed E-state index contributed by atoms with van der Waals surface area (Å²) in [7, 11) is 0. The van der Waals surface area contributed by atoms with Crippen molar-refractivity contribution in [3.63, 3.8) is 0 Å². The van der Waals surface area contributed by atoms with Crippen LogP contribution in [0.5, 0.6) is 0 Å². The third-order valence-corrected chi connectivity index (χ3v) is 4.28. The van der Waals surface area contributed by atoms with Crippen molar-refractivity contribution in [1.29, 1.82) is 0 Å². The highest BCUT2D eigenvalue weighted by Gasteiger charge is 2.19. The number of nitrogens with two attached hydrogens (primary N) is 1. The Kier molecular flexibility index (Phi) is 8.02. The number of aromatic nitrogens is 3. The first kappa shape index (κ1) is 21.9. The van der Waals surface area contributed by atoms with Gasteiger partial charge in [0.15, 0.2) is 0 Å². The smallest absolute Gasteiger partial charge is 0.241 e. The van der Waals surface area contributed by atoms with Gasteiger partial charge in [-0.1, -0.05) is 32.4 Å². The Balaban J connectivity index is 0.00000169. The van der Waals surface area contributed by atoms with Crippen molar-refractivity contribution in [3.8, 4) is 5.82 Å². The number of halogens is 2. The highest BCUT2D eigenvalue weighted by Crippen LogP contribution is 2.18. The zero-order valence-electron chi connectivity index (χ0n) is 14.6. The number of benzene rings is 1. The number of hydrogen-bond acceptors (Lipinski definition) is 4. The van der Waals surface area contributed by atoms with Gasteiger partial charge in [0.2, 0.25) is 5.91 Å². The fraction of sp³-hybridized carbons (Fsp3) is 0.278. The summed E-state index contributed by atoms with van der Waals surface area (Å²) < 4.78 is 1.91. The Morgan fingerprint density at radius 3 is 2.58 bits per heavy atom. The molecule has 2 unspecified atom stereocenters. The summed E-state index contributed by atoms with van der Waals surface area (Å²) in [5, 5.41) is 2.82. The second-order valence-electron chi connectivity index (χ2n) is 5.91. The van der Waals surface area contributed by atoms with Gasteiger partial charge in [-0.15, -0.1) is 24.8 Å². The summed E-state index contributed by atoms with van der Waals surface area (Å²) in [5.41, 5.74) is 8.47. The molecule has 0 saturated heterocycles. The molecule has 1 amide bonds. The van der Waals surface area contributed by atoms with Crippen LogP contribution in [0.3, 0.4) is 0 Å². The maximum atomic E-state index is 12.1. The molecular formula is C18H23Cl2N5O. The molecule has 6 nitrogen and oxygen atoms in total. The van der Waals surface area contributed by atoms with Crippen molar-refractivity contribution >= 4 is 47.4 Å². The molecule has 3 rings (SSSR count). The monoisotopic (exact) mass is 395 g/mol. The third kappa shape index (κ3) is 4.52. The second-order valence-corrected chi connectivity index (χ2v) is 5.91. The van der Waals surface area contributed by atoms with E-state index in [2.05, 4.69) is 15.3 Å². The number of carbonyl (C=O) groups excluding carboxylic acids is 1. The molecule has 1 aromatic carbocycles. The van der Waals surface area contributed by atoms with Gasteiger partial charge >= 0.3 is 0 Å². The molecule has 0 aliphatic carbocycles. The van der Waals surface area contributed by atoms with Crippen molar-refractivity contribution < 1.29 is 4.79 Å². The van der Waals surface area contributed by atoms with E-state index < -0.39 is 6.04 Å². The van der Waals surface area contributed by atoms with E-state index in [4.69, 9.17) is 5.73 Å². The van der Waals surface area contributed by atoms with E-state index in [-0.39, 0.29) is 36.6 Å². The minimum absolute atomic E-state index is 0. The van der Waals surface area contributed by atoms with E-state index in [9.17, 15) is 4.79 Å². The number of fused-ring (bicyclic) bond motifs is 1. The predicted molar refractivity (Wildman–Crippen MR) is 109 cm³/mol. The number of pyridine rings is 1. The molecule has 0 aliphatic heterocycles. The number of imidazole rings is 1. The van der Waals surface area contributed by atoms with Gasteiger partial charge in [-0.05, 0) is 30.2 Å². The lowest BCUT2D eigenvalue weighted by Crippen LogP contribution is -2.40. The normalized spacial score (nSPS) is 12.6. The summed E-state index contributed by atoms with van der Waals surface area (Å²) >= 11 is 0. The molecule has 8 heteroatoms. The van der Waals surface area contributed by atoms with Gasteiger partial charge in [-0.2, -0.15) is 0 Å². The Hall–Kier alpha value is -2.15. The number of carbonyl (C=O) groups is 1. The van der Waals surface area contributed by atoms with Crippen LogP contribution in [0.1, 0.15) is 20.3 Å². The lowest BCUT2D eigenvalue weighted by molar-refractivity contribution is -0.118. The summed E-state index contributed by atoms with van der Waals surface area (Å²) in [6.45, 7) is 3.99. The van der Waals surface area contributed by atoms with Gasteiger partial charge in [0, 0.05) is 0 Å². The maximum Gasteiger partial charge on any atom is 0.241 e. The molecule has 0 radical (unpaired) electrons. The van der Waals surface area contributed by atoms with Crippen LogP contribution in [-0.2, 0) is 4.79 Å². The van der Waals surface area contributed by atoms with Crippen LogP contribution in [0.2, 0.25) is 0 Å². The Morgan fingerprint density at radius 1 is 1.19 bits per heavy atom. The zero-order chi connectivity index (χ0) is 17.1. The van der Waals surface area contributed by atoms with Gasteiger partial charge in [0.1, 0.15) is 12.1 Å². The van der Waals surface area contributed by atoms with Crippen LogP contribution in [0.25, 0.3) is 16.9 Å². The van der Waals surface area contributed by atoms with Gasteiger partial charge in [-0.25, -0.2) is 9.97 Å². The molecule has 0 spiro atoms. The molecule has 3 N–H and O–H groups in total. The lowest BCUT2D eigenvalue weighted by atomic mass is 9.99. The standard InChI is InChI=1S/C18H21N5O.2ClH/c1-3-12(2)17(19)18(24)22-13-8-9-16(20-10-13)23-11-21-14-6-4-5-7-15(14)23;;/h4-12,17H,3,19H2,1-2H3,(H,22,24);2*1H. The summed E-state index contributed by atoms with van der Waals surface area (Å²) in [6.07, 6.45) is 4.23. The number of rotatable bonds is 5. The second kappa shape index (κ2) is 9.52. The molecule has 26 heavy (non-hydrogen) atoms. The average molecular weight is 396 g/mol. The molecule has 0 fully saturated rings. The molecular weight excluding hydrogens is 373 g/mol. The van der Waals surface area contributed by atoms with Gasteiger partial charge in [0.25, 0.3) is 0 Å². The first-order valence-corrected chi connectivity index (χ1v) is 8.05. The van der Waals surface area contributed by atoms with Gasteiger partial charge in [-0.3, -0.25) is 9.36 Å². The SMILES string of the molecule is CCC(C)C(N)C(=O)Nc1ccc(-n2cnc3ccccc32)nc1.Cl.Cl. The number of hydrogen-bond donors (Lipinski definition) is 2. The van der Waals surface area contributed by atoms with Crippen molar-refractivity contribution in [1.82, 2.24) is 14.5 Å². The quantitative estimate of drug-likeness (QED) is 0.690. The van der Waals surface area contributed by atoms with Crippen LogP contribution in [0.15, 0.2) is 48.9 Å². The van der Waals surface area contributed by atoms with E-state index in [0.717, 1.165) is 23.3 Å². The van der Waals surface area contributed by atoms with Crippen molar-refractivity contribution in [2.24, 2.45) is 11.7 Å². The first-order chi connectivity index (χ1) is 11.6. The number of amides is 1. The first-order valence-electron chi connectivity index (χ1n) is 8.05. The molecule has 2 atom stereocenters. The Morgan fingerprint density at radius 2 is 1.92 bits per heavy atom. The van der Waals surface area contributed by atoms with Crippen LogP contribution in [-0.4, -0.2) is 26.5 Å². The van der Waals surface area contributed by atoms with E-state index in [1.165, 1.54) is 0 Å². The van der Waals surface area contributed by atoms with Crippen molar-refractivity contribution in [2.45, 2.75) is 26.3 Å². The zero-order valence-corrected chi connectivity index (χ0v) is 16.3. The lowest BCUT2D eigenvalue weighted by Gasteiger charge is -2.17. The molecule has 2 aromatic heterocycles. The minimum Gasteiger partial charge on any atom is -0.323 e. The summed E-state index contributed by atoms with van der Waals surface area (Å²) in [4.78, 5) is 20.9. The number of anilines is 1. The molecule has 2 heterocycles. The number of para-hydroxylation sites is 2. The Bertz CT molecular complexity index is 850. The van der Waals surface area contributed by atoms with E-state index in [1.54, 1.807) is 12.5 Å². The largest absolute Gasteiger partial charge is 0.323 e. The predicted octanol–water partition coefficient (Wildman–Crippen LogP) is 3.58. The molecule has 0 aliphatic rings. The van der Waals surface area contributed by atoms with Crippen molar-refractivity contribution in [3.05, 3.63) is 48.9 Å². The molecule has 3 aromatic rings. The highest BCUT2D eigenvalue weighted by atomic mass is 35.5. The van der Waals surface area contributed by atoms with Gasteiger partial charge < -0.3 is 11.1 Å². The van der Waals surface area contributed by atoms with E-state index in [1.807, 2.05) is 54.8 Å². The minimum atomic E-state index is -0.521. The highest BCUT2D eigenvalue weighted by molar-refractivity contribution is 5.94. The number of nitrogens with zero attached hydrogens (tertiary/aromatic N) is 3. The van der Waals surface area contributed by atoms with Crippen LogP contribution in [0.4, 0.5) is 5.69 Å². The molecule has 0 saturated carbocycles. The Labute approximate surface area is 165 Å². The molecule has 140 valence electrons. The fourth-order valence-electron chi connectivity index (χ4n) is 2.48. The van der Waals surface area contributed by atoms with E-state index in [0.29, 0.717) is 5.69 Å².